The van der Waals surface area contributed by atoms with Crippen LogP contribution in [0.4, 0.5) is 4.79 Å². The molecule has 8 heteroatoms. The van der Waals surface area contributed by atoms with Gasteiger partial charge in [0.1, 0.15) is 17.5 Å². The van der Waals surface area contributed by atoms with Gasteiger partial charge in [-0.1, -0.05) is 6.07 Å². The number of imidazole rings is 1. The second-order valence-corrected chi connectivity index (χ2v) is 9.70. The van der Waals surface area contributed by atoms with Crippen molar-refractivity contribution in [2.75, 3.05) is 13.1 Å². The molecule has 2 amide bonds. The number of hydrogen-bond acceptors (Lipinski definition) is 5. The SMILES string of the molecule is CC(C)(C)OC(=O)N1C[C@@H]2C(C(=O)NC(C)(C)c3nc(C#N)c4ccccn34)[C@@H]2C1. The van der Waals surface area contributed by atoms with Crippen molar-refractivity contribution in [2.45, 2.75) is 45.8 Å². The summed E-state index contributed by atoms with van der Waals surface area (Å²) in [5, 5.41) is 12.5. The van der Waals surface area contributed by atoms with Crippen molar-refractivity contribution in [3.05, 3.63) is 35.9 Å². The van der Waals surface area contributed by atoms with Crippen LogP contribution in [0.5, 0.6) is 0 Å². The number of ether oxygens (including phenoxy) is 1. The molecule has 1 aliphatic heterocycles. The van der Waals surface area contributed by atoms with E-state index in [1.807, 2.05) is 63.4 Å². The first-order valence-corrected chi connectivity index (χ1v) is 10.2. The lowest BCUT2D eigenvalue weighted by Crippen LogP contribution is -2.45. The third kappa shape index (κ3) is 3.49. The zero-order valence-corrected chi connectivity index (χ0v) is 18.0. The van der Waals surface area contributed by atoms with Gasteiger partial charge in [0.2, 0.25) is 5.91 Å². The molecule has 0 bridgehead atoms. The van der Waals surface area contributed by atoms with Crippen LogP contribution in [0, 0.1) is 29.1 Å². The van der Waals surface area contributed by atoms with Crippen LogP contribution < -0.4 is 5.32 Å². The van der Waals surface area contributed by atoms with Gasteiger partial charge in [0, 0.05) is 25.2 Å². The third-order valence-electron chi connectivity index (χ3n) is 5.80. The van der Waals surface area contributed by atoms with Gasteiger partial charge in [-0.3, -0.25) is 4.79 Å². The molecular weight excluding hydrogens is 382 g/mol. The fourth-order valence-corrected chi connectivity index (χ4v) is 4.40. The molecule has 0 aromatic carbocycles. The summed E-state index contributed by atoms with van der Waals surface area (Å²) in [7, 11) is 0. The molecule has 1 unspecified atom stereocenters. The highest BCUT2D eigenvalue weighted by Crippen LogP contribution is 2.52. The lowest BCUT2D eigenvalue weighted by molar-refractivity contribution is -0.125. The Kier molecular flexibility index (Phi) is 4.53. The van der Waals surface area contributed by atoms with Crippen molar-refractivity contribution >= 4 is 17.5 Å². The number of likely N-dealkylation sites (tertiary alicyclic amines) is 1. The Morgan fingerprint density at radius 1 is 1.20 bits per heavy atom. The Labute approximate surface area is 175 Å². The molecule has 0 radical (unpaired) electrons. The largest absolute Gasteiger partial charge is 0.444 e. The number of nitriles is 1. The molecule has 2 fully saturated rings. The van der Waals surface area contributed by atoms with Gasteiger partial charge >= 0.3 is 6.09 Å². The number of carbonyl (C=O) groups is 2. The molecule has 8 nitrogen and oxygen atoms in total. The van der Waals surface area contributed by atoms with E-state index in [4.69, 9.17) is 4.74 Å². The molecule has 1 aliphatic carbocycles. The summed E-state index contributed by atoms with van der Waals surface area (Å²) in [4.78, 5) is 31.4. The van der Waals surface area contributed by atoms with Gasteiger partial charge in [0.05, 0.1) is 11.1 Å². The maximum atomic E-state index is 13.0. The Balaban J connectivity index is 1.43. The summed E-state index contributed by atoms with van der Waals surface area (Å²) in [6, 6.07) is 7.68. The minimum Gasteiger partial charge on any atom is -0.444 e. The molecule has 30 heavy (non-hydrogen) atoms. The number of rotatable bonds is 3. The fraction of sp³-hybridized carbons (Fsp3) is 0.545. The predicted octanol–water partition coefficient (Wildman–Crippen LogP) is 2.67. The van der Waals surface area contributed by atoms with Crippen molar-refractivity contribution in [1.29, 1.82) is 5.26 Å². The van der Waals surface area contributed by atoms with E-state index >= 15 is 0 Å². The molecule has 1 saturated carbocycles. The van der Waals surface area contributed by atoms with Crippen LogP contribution in [0.15, 0.2) is 24.4 Å². The van der Waals surface area contributed by atoms with Crippen LogP contribution in [0.2, 0.25) is 0 Å². The lowest BCUT2D eigenvalue weighted by Gasteiger charge is -2.27. The quantitative estimate of drug-likeness (QED) is 0.840. The molecule has 0 spiro atoms. The molecule has 1 N–H and O–H groups in total. The van der Waals surface area contributed by atoms with Gasteiger partial charge in [0.25, 0.3) is 0 Å². The first-order chi connectivity index (χ1) is 14.0. The standard InChI is InChI=1S/C22H27N5O3/c1-21(2,3)30-20(29)26-11-13-14(12-26)17(13)18(28)25-22(4,5)19-24-15(10-23)16-8-6-7-9-27(16)19/h6-9,13-14,17H,11-12H2,1-5H3,(H,25,28)/t13-,14+,17?. The molecule has 1 saturated heterocycles. The number of amides is 2. The van der Waals surface area contributed by atoms with Gasteiger partial charge in [-0.2, -0.15) is 5.26 Å². The molecule has 158 valence electrons. The van der Waals surface area contributed by atoms with Crippen molar-refractivity contribution in [3.8, 4) is 6.07 Å². The number of aromatic nitrogens is 2. The smallest absolute Gasteiger partial charge is 0.410 e. The summed E-state index contributed by atoms with van der Waals surface area (Å²) < 4.78 is 7.27. The summed E-state index contributed by atoms with van der Waals surface area (Å²) >= 11 is 0. The molecule has 2 aromatic heterocycles. The van der Waals surface area contributed by atoms with Crippen LogP contribution >= 0.6 is 0 Å². The predicted molar refractivity (Wildman–Crippen MR) is 109 cm³/mol. The molecule has 4 rings (SSSR count). The van der Waals surface area contributed by atoms with Crippen molar-refractivity contribution in [3.63, 3.8) is 0 Å². The van der Waals surface area contributed by atoms with Gasteiger partial charge in [-0.25, -0.2) is 9.78 Å². The number of hydrogen-bond donors (Lipinski definition) is 1. The van der Waals surface area contributed by atoms with Gasteiger partial charge in [-0.15, -0.1) is 0 Å². The van der Waals surface area contributed by atoms with Gasteiger partial charge in [0.15, 0.2) is 5.69 Å². The monoisotopic (exact) mass is 409 g/mol. The van der Waals surface area contributed by atoms with E-state index in [1.165, 1.54) is 0 Å². The Bertz CT molecular complexity index is 1050. The topological polar surface area (TPSA) is 99.7 Å². The Hall–Kier alpha value is -3.08. The highest BCUT2D eigenvalue weighted by molar-refractivity contribution is 5.84. The zero-order chi connectivity index (χ0) is 21.8. The van der Waals surface area contributed by atoms with Crippen LogP contribution in [0.3, 0.4) is 0 Å². The summed E-state index contributed by atoms with van der Waals surface area (Å²) in [5.41, 5.74) is -0.226. The van der Waals surface area contributed by atoms with Crippen LogP contribution in [0.1, 0.15) is 46.1 Å². The second-order valence-electron chi connectivity index (χ2n) is 9.70. The van der Waals surface area contributed by atoms with Crippen LogP contribution in [-0.2, 0) is 15.1 Å². The first kappa shape index (κ1) is 20.2. The summed E-state index contributed by atoms with van der Waals surface area (Å²) in [6.45, 7) is 10.4. The third-order valence-corrected chi connectivity index (χ3v) is 5.80. The summed E-state index contributed by atoms with van der Waals surface area (Å²) in [5.74, 6) is 0.804. The first-order valence-electron chi connectivity index (χ1n) is 10.2. The van der Waals surface area contributed by atoms with E-state index in [0.29, 0.717) is 30.1 Å². The average Bonchev–Trinajstić information content (AvgIpc) is 3.01. The summed E-state index contributed by atoms with van der Waals surface area (Å²) in [6.07, 6.45) is 1.53. The van der Waals surface area contributed by atoms with Gasteiger partial charge < -0.3 is 19.4 Å². The van der Waals surface area contributed by atoms with E-state index in [-0.39, 0.29) is 29.8 Å². The zero-order valence-electron chi connectivity index (χ0n) is 18.0. The molecular formula is C22H27N5O3. The molecule has 3 heterocycles. The number of nitrogens with one attached hydrogen (secondary N) is 1. The van der Waals surface area contributed by atoms with Crippen molar-refractivity contribution in [2.24, 2.45) is 17.8 Å². The van der Waals surface area contributed by atoms with Crippen LogP contribution in [0.25, 0.3) is 5.52 Å². The minimum absolute atomic E-state index is 0.0370. The highest BCUT2D eigenvalue weighted by Gasteiger charge is 2.61. The molecule has 2 aliphatic rings. The lowest BCUT2D eigenvalue weighted by atomic mass is 10.0. The van der Waals surface area contributed by atoms with Gasteiger partial charge in [-0.05, 0) is 58.6 Å². The normalized spacial score (nSPS) is 23.1. The minimum atomic E-state index is -0.752. The van der Waals surface area contributed by atoms with E-state index in [9.17, 15) is 14.9 Å². The maximum Gasteiger partial charge on any atom is 0.410 e. The Morgan fingerprint density at radius 3 is 2.47 bits per heavy atom. The number of nitrogens with zero attached hydrogens (tertiary/aromatic N) is 4. The maximum absolute atomic E-state index is 13.0. The van der Waals surface area contributed by atoms with E-state index < -0.39 is 11.1 Å². The number of pyridine rings is 1. The molecule has 2 aromatic rings. The number of piperidine rings is 1. The fourth-order valence-electron chi connectivity index (χ4n) is 4.40. The van der Waals surface area contributed by atoms with Crippen molar-refractivity contribution in [1.82, 2.24) is 19.6 Å². The molecule has 3 atom stereocenters. The number of carbonyl (C=O) groups excluding carboxylic acids is 2. The Morgan fingerprint density at radius 2 is 1.87 bits per heavy atom. The highest BCUT2D eigenvalue weighted by atomic mass is 16.6. The van der Waals surface area contributed by atoms with E-state index in [0.717, 1.165) is 0 Å². The number of fused-ring (bicyclic) bond motifs is 2. The van der Waals surface area contributed by atoms with E-state index in [2.05, 4.69) is 16.4 Å². The van der Waals surface area contributed by atoms with Crippen LogP contribution in [-0.4, -0.2) is 45.0 Å². The average molecular weight is 409 g/mol. The van der Waals surface area contributed by atoms with E-state index in [1.54, 1.807) is 4.90 Å². The second kappa shape index (κ2) is 6.73. The van der Waals surface area contributed by atoms with Crippen molar-refractivity contribution < 1.29 is 14.3 Å².